The third-order valence-electron chi connectivity index (χ3n) is 1.59. The summed E-state index contributed by atoms with van der Waals surface area (Å²) in [7, 11) is 3.04. The summed E-state index contributed by atoms with van der Waals surface area (Å²) in [6.07, 6.45) is 0. The van der Waals surface area contributed by atoms with E-state index in [2.05, 4.69) is 10.6 Å². The van der Waals surface area contributed by atoms with Crippen LogP contribution >= 0.6 is 6.64 Å². The smallest absolute Gasteiger partial charge is 0.278 e. The summed E-state index contributed by atoms with van der Waals surface area (Å²) >= 11 is 5.10. The molecule has 0 aliphatic rings. The Morgan fingerprint density at radius 3 is 2.21 bits per heavy atom. The van der Waals surface area contributed by atoms with Crippen LogP contribution in [0.2, 0.25) is 0 Å². The quantitative estimate of drug-likeness (QED) is 0.601. The Balaban J connectivity index is 2.52. The van der Waals surface area contributed by atoms with Gasteiger partial charge in [0.25, 0.3) is 6.64 Å². The number of hydrogen-bond acceptors (Lipinski definition) is 4. The average molecular weight is 232 g/mol. The van der Waals surface area contributed by atoms with Crippen LogP contribution in [0, 0.1) is 0 Å². The first-order valence-corrected chi connectivity index (χ1v) is 6.64. The number of anilines is 1. The summed E-state index contributed by atoms with van der Waals surface area (Å²) < 4.78 is 10.1. The molecule has 0 aliphatic heterocycles. The van der Waals surface area contributed by atoms with E-state index in [1.165, 1.54) is 14.2 Å². The van der Waals surface area contributed by atoms with Gasteiger partial charge >= 0.3 is 0 Å². The third kappa shape index (κ3) is 3.36. The number of benzene rings is 1. The minimum Gasteiger partial charge on any atom is -0.320 e. The molecule has 0 atom stereocenters. The fraction of sp³-hybridized carbons (Fsp3) is 0.250. The maximum absolute atomic E-state index is 5.10. The Morgan fingerprint density at radius 1 is 1.14 bits per heavy atom. The van der Waals surface area contributed by atoms with E-state index in [1.54, 1.807) is 0 Å². The first-order valence-electron chi connectivity index (χ1n) is 4.00. The highest BCUT2D eigenvalue weighted by Gasteiger charge is 2.13. The van der Waals surface area contributed by atoms with Crippen LogP contribution in [-0.4, -0.2) is 14.2 Å². The van der Waals surface area contributed by atoms with Gasteiger partial charge in [-0.1, -0.05) is 18.2 Å². The monoisotopic (exact) mass is 232 g/mol. The second-order valence-electron chi connectivity index (χ2n) is 2.47. The zero-order valence-electron chi connectivity index (χ0n) is 8.06. The van der Waals surface area contributed by atoms with Gasteiger partial charge in [-0.15, -0.1) is 0 Å². The minimum absolute atomic E-state index is 0.913. The summed E-state index contributed by atoms with van der Waals surface area (Å²) in [5.41, 5.74) is 3.85. The largest absolute Gasteiger partial charge is 0.320 e. The molecule has 78 valence electrons. The summed E-state index contributed by atoms with van der Waals surface area (Å²) in [5.74, 6) is 0. The molecule has 0 heterocycles. The van der Waals surface area contributed by atoms with E-state index < -0.39 is 6.64 Å². The molecule has 0 aliphatic carbocycles. The first kappa shape index (κ1) is 11.6. The first-order chi connectivity index (χ1) is 6.70. The molecule has 0 spiro atoms. The fourth-order valence-electron chi connectivity index (χ4n) is 0.820. The number of hydrogen-bond donors (Lipinski definition) is 2. The summed E-state index contributed by atoms with van der Waals surface area (Å²) in [6, 6.07) is 9.62. The molecule has 14 heavy (non-hydrogen) atoms. The van der Waals surface area contributed by atoms with Crippen molar-refractivity contribution in [1.29, 1.82) is 0 Å². The average Bonchev–Trinajstić information content (AvgIpc) is 2.27. The van der Waals surface area contributed by atoms with Crippen molar-refractivity contribution in [3.63, 3.8) is 0 Å². The molecule has 0 saturated carbocycles. The molecular weight excluding hydrogens is 219 g/mol. The van der Waals surface area contributed by atoms with Gasteiger partial charge < -0.3 is 14.5 Å². The van der Waals surface area contributed by atoms with Crippen molar-refractivity contribution in [2.75, 3.05) is 19.6 Å². The van der Waals surface area contributed by atoms with Crippen molar-refractivity contribution in [3.05, 3.63) is 30.3 Å². The topological polar surface area (TPSA) is 42.5 Å². The molecule has 2 N–H and O–H groups in total. The van der Waals surface area contributed by atoms with E-state index in [0.717, 1.165) is 5.69 Å². The zero-order chi connectivity index (χ0) is 10.4. The Kier molecular flexibility index (Phi) is 4.51. The van der Waals surface area contributed by atoms with Gasteiger partial charge in [0.15, 0.2) is 0 Å². The normalized spacial score (nSPS) is 11.3. The second kappa shape index (κ2) is 5.44. The molecule has 6 heteroatoms. The van der Waals surface area contributed by atoms with Crippen LogP contribution < -0.4 is 10.6 Å². The lowest BCUT2D eigenvalue weighted by Crippen LogP contribution is -2.19. The minimum atomic E-state index is -2.37. The van der Waals surface area contributed by atoms with Crippen molar-refractivity contribution < 1.29 is 9.05 Å². The Hall–Kier alpha value is -0.450. The Morgan fingerprint density at radius 2 is 1.71 bits per heavy atom. The lowest BCUT2D eigenvalue weighted by molar-refractivity contribution is 0.329. The molecule has 0 unspecified atom stereocenters. The molecule has 4 nitrogen and oxygen atoms in total. The van der Waals surface area contributed by atoms with Gasteiger partial charge in [0.05, 0.1) is 0 Å². The van der Waals surface area contributed by atoms with E-state index >= 15 is 0 Å². The van der Waals surface area contributed by atoms with Gasteiger partial charge in [-0.3, -0.25) is 0 Å². The molecule has 1 aromatic carbocycles. The standard InChI is InChI=1S/C8H13N2O2PS/c1-11-13(14,12-2)10-9-8-6-4-3-5-7-8/h3-7,9H,1-2H3,(H,10,14). The van der Waals surface area contributed by atoms with Crippen molar-refractivity contribution in [2.24, 2.45) is 0 Å². The summed E-state index contributed by atoms with van der Waals surface area (Å²) in [4.78, 5) is 0. The van der Waals surface area contributed by atoms with Crippen LogP contribution in [0.4, 0.5) is 5.69 Å². The SMILES string of the molecule is COP(=S)(NNc1ccccc1)OC. The lowest BCUT2D eigenvalue weighted by Gasteiger charge is -2.19. The molecular formula is C8H13N2O2PS. The molecule has 0 bridgehead atoms. The molecule has 0 saturated heterocycles. The zero-order valence-corrected chi connectivity index (χ0v) is 9.77. The number of rotatable bonds is 5. The fourth-order valence-corrected chi connectivity index (χ4v) is 1.55. The van der Waals surface area contributed by atoms with Crippen LogP contribution in [0.15, 0.2) is 30.3 Å². The number of nitrogens with one attached hydrogen (secondary N) is 2. The van der Waals surface area contributed by atoms with E-state index in [1.807, 2.05) is 30.3 Å². The van der Waals surface area contributed by atoms with Gasteiger partial charge in [-0.05, 0) is 23.9 Å². The van der Waals surface area contributed by atoms with Crippen molar-refractivity contribution in [3.8, 4) is 0 Å². The molecule has 0 fully saturated rings. The highest BCUT2D eigenvalue weighted by atomic mass is 32.5. The predicted molar refractivity (Wildman–Crippen MR) is 61.5 cm³/mol. The molecule has 0 radical (unpaired) electrons. The third-order valence-corrected chi connectivity index (χ3v) is 4.11. The van der Waals surface area contributed by atoms with Gasteiger partial charge in [0.1, 0.15) is 0 Å². The second-order valence-corrected chi connectivity index (χ2v) is 5.86. The van der Waals surface area contributed by atoms with E-state index in [4.69, 9.17) is 20.9 Å². The number of para-hydroxylation sites is 1. The number of hydrazine groups is 1. The van der Waals surface area contributed by atoms with E-state index in [-0.39, 0.29) is 0 Å². The highest BCUT2D eigenvalue weighted by Crippen LogP contribution is 2.41. The molecule has 0 aromatic heterocycles. The van der Waals surface area contributed by atoms with Crippen molar-refractivity contribution >= 4 is 24.1 Å². The van der Waals surface area contributed by atoms with Crippen LogP contribution in [0.5, 0.6) is 0 Å². The van der Waals surface area contributed by atoms with Crippen LogP contribution in [0.1, 0.15) is 0 Å². The maximum Gasteiger partial charge on any atom is 0.278 e. The summed E-state index contributed by atoms with van der Waals surface area (Å²) in [5, 5.41) is 2.84. The molecule has 1 aromatic rings. The van der Waals surface area contributed by atoms with Crippen molar-refractivity contribution in [1.82, 2.24) is 5.20 Å². The maximum atomic E-state index is 5.10. The Bertz CT molecular complexity index is 312. The van der Waals surface area contributed by atoms with E-state index in [9.17, 15) is 0 Å². The van der Waals surface area contributed by atoms with Crippen molar-refractivity contribution in [2.45, 2.75) is 0 Å². The van der Waals surface area contributed by atoms with Crippen LogP contribution in [0.25, 0.3) is 0 Å². The van der Waals surface area contributed by atoms with Crippen LogP contribution in [-0.2, 0) is 20.9 Å². The lowest BCUT2D eigenvalue weighted by atomic mass is 10.3. The highest BCUT2D eigenvalue weighted by molar-refractivity contribution is 8.08. The van der Waals surface area contributed by atoms with E-state index in [0.29, 0.717) is 0 Å². The molecule has 0 amide bonds. The Labute approximate surface area is 88.8 Å². The van der Waals surface area contributed by atoms with Gasteiger partial charge in [-0.25, -0.2) is 0 Å². The van der Waals surface area contributed by atoms with Crippen LogP contribution in [0.3, 0.4) is 0 Å². The van der Waals surface area contributed by atoms with Gasteiger partial charge in [0, 0.05) is 19.9 Å². The van der Waals surface area contributed by atoms with Gasteiger partial charge in [-0.2, -0.15) is 5.20 Å². The van der Waals surface area contributed by atoms with Gasteiger partial charge in [0.2, 0.25) is 0 Å². The predicted octanol–water partition coefficient (Wildman–Crippen LogP) is 2.12. The molecule has 1 rings (SSSR count). The summed E-state index contributed by atoms with van der Waals surface area (Å²) in [6.45, 7) is -2.37.